The van der Waals surface area contributed by atoms with Gasteiger partial charge in [0.15, 0.2) is 0 Å². The molecule has 2 rings (SSSR count). The van der Waals surface area contributed by atoms with Crippen molar-refractivity contribution in [3.63, 3.8) is 0 Å². The van der Waals surface area contributed by atoms with Crippen LogP contribution in [0.3, 0.4) is 0 Å². The third-order valence-electron chi connectivity index (χ3n) is 3.89. The van der Waals surface area contributed by atoms with E-state index in [-0.39, 0.29) is 18.4 Å². The van der Waals surface area contributed by atoms with Gasteiger partial charge < -0.3 is 10.0 Å². The number of benzene rings is 1. The molecule has 1 aliphatic heterocycles. The Hall–Kier alpha value is -1.00. The van der Waals surface area contributed by atoms with Crippen molar-refractivity contribution in [2.45, 2.75) is 18.8 Å². The summed E-state index contributed by atoms with van der Waals surface area (Å²) in [6.07, 6.45) is 1.89. The van der Waals surface area contributed by atoms with E-state index in [1.165, 1.54) is 12.1 Å². The van der Waals surface area contributed by atoms with Crippen LogP contribution in [0.25, 0.3) is 0 Å². The topological polar surface area (TPSA) is 23.5 Å². The summed E-state index contributed by atoms with van der Waals surface area (Å²) >= 11 is 0. The second-order valence-corrected chi connectivity index (χ2v) is 5.10. The third kappa shape index (κ3) is 2.87. The second-order valence-electron chi connectivity index (χ2n) is 5.10. The van der Waals surface area contributed by atoms with Gasteiger partial charge in [-0.15, -0.1) is 0 Å². The fraction of sp³-hybridized carbons (Fsp3) is 0.571. The highest BCUT2D eigenvalue weighted by Crippen LogP contribution is 2.33. The highest BCUT2D eigenvalue weighted by molar-refractivity contribution is 5.23. The van der Waals surface area contributed by atoms with E-state index in [1.807, 2.05) is 0 Å². The molecule has 1 N–H and O–H groups in total. The summed E-state index contributed by atoms with van der Waals surface area (Å²) in [7, 11) is 2.06. The molecule has 0 radical (unpaired) electrons. The largest absolute Gasteiger partial charge is 0.396 e. The zero-order chi connectivity index (χ0) is 13.1. The smallest absolute Gasteiger partial charge is 0.129 e. The normalized spacial score (nSPS) is 20.0. The van der Waals surface area contributed by atoms with Crippen molar-refractivity contribution < 1.29 is 13.9 Å². The first-order valence-electron chi connectivity index (χ1n) is 6.36. The van der Waals surface area contributed by atoms with Crippen LogP contribution in [-0.4, -0.2) is 36.8 Å². The number of aliphatic hydroxyl groups is 1. The maximum Gasteiger partial charge on any atom is 0.129 e. The first kappa shape index (κ1) is 13.4. The molecule has 18 heavy (non-hydrogen) atoms. The zero-order valence-electron chi connectivity index (χ0n) is 10.6. The van der Waals surface area contributed by atoms with Crippen LogP contribution in [-0.2, 0) is 0 Å². The van der Waals surface area contributed by atoms with Gasteiger partial charge in [-0.1, -0.05) is 6.07 Å². The Kier molecular flexibility index (Phi) is 4.30. The number of nitrogens with zero attached hydrogens (tertiary/aromatic N) is 1. The molecule has 0 spiro atoms. The Bertz CT molecular complexity index is 403. The van der Waals surface area contributed by atoms with Gasteiger partial charge in [-0.25, -0.2) is 8.78 Å². The van der Waals surface area contributed by atoms with Gasteiger partial charge in [0, 0.05) is 12.0 Å². The SMILES string of the molecule is CN1CCC(C(CO)c2ccc(F)cc2F)CC1. The molecule has 1 atom stereocenters. The number of hydrogen-bond acceptors (Lipinski definition) is 2. The number of likely N-dealkylation sites (tertiary alicyclic amines) is 1. The van der Waals surface area contributed by atoms with Crippen LogP contribution in [0.2, 0.25) is 0 Å². The molecule has 1 fully saturated rings. The lowest BCUT2D eigenvalue weighted by Crippen LogP contribution is -2.33. The first-order valence-corrected chi connectivity index (χ1v) is 6.36. The number of piperidine rings is 1. The maximum absolute atomic E-state index is 13.8. The molecule has 0 amide bonds. The Morgan fingerprint density at radius 3 is 2.56 bits per heavy atom. The Labute approximate surface area is 106 Å². The molecule has 2 nitrogen and oxygen atoms in total. The summed E-state index contributed by atoms with van der Waals surface area (Å²) in [5.74, 6) is -1.07. The van der Waals surface area contributed by atoms with Gasteiger partial charge in [-0.05, 0) is 50.5 Å². The van der Waals surface area contributed by atoms with Crippen LogP contribution in [0, 0.1) is 17.6 Å². The first-order chi connectivity index (χ1) is 8.61. The van der Waals surface area contributed by atoms with Gasteiger partial charge >= 0.3 is 0 Å². The number of halogens is 2. The molecule has 1 aromatic carbocycles. The Morgan fingerprint density at radius 1 is 1.33 bits per heavy atom. The monoisotopic (exact) mass is 255 g/mol. The zero-order valence-corrected chi connectivity index (χ0v) is 10.6. The average Bonchev–Trinajstić information content (AvgIpc) is 2.35. The van der Waals surface area contributed by atoms with E-state index < -0.39 is 11.6 Å². The van der Waals surface area contributed by atoms with E-state index in [4.69, 9.17) is 0 Å². The minimum atomic E-state index is -0.573. The van der Waals surface area contributed by atoms with Crippen molar-refractivity contribution in [3.8, 4) is 0 Å². The maximum atomic E-state index is 13.8. The predicted molar refractivity (Wildman–Crippen MR) is 66.4 cm³/mol. The average molecular weight is 255 g/mol. The molecule has 1 heterocycles. The van der Waals surface area contributed by atoms with Gasteiger partial charge in [-0.3, -0.25) is 0 Å². The van der Waals surface area contributed by atoms with E-state index in [2.05, 4.69) is 11.9 Å². The lowest BCUT2D eigenvalue weighted by atomic mass is 9.80. The number of rotatable bonds is 3. The molecule has 1 saturated heterocycles. The molecular formula is C14H19F2NO. The minimum Gasteiger partial charge on any atom is -0.396 e. The number of hydrogen-bond donors (Lipinski definition) is 1. The minimum absolute atomic E-state index is 0.0864. The van der Waals surface area contributed by atoms with Crippen LogP contribution < -0.4 is 0 Å². The van der Waals surface area contributed by atoms with Crippen molar-refractivity contribution in [1.29, 1.82) is 0 Å². The fourth-order valence-electron chi connectivity index (χ4n) is 2.73. The van der Waals surface area contributed by atoms with Gasteiger partial charge in [0.05, 0.1) is 6.61 Å². The molecule has 0 saturated carbocycles. The second kappa shape index (κ2) is 5.76. The quantitative estimate of drug-likeness (QED) is 0.896. The van der Waals surface area contributed by atoms with Crippen LogP contribution in [0.15, 0.2) is 18.2 Å². The van der Waals surface area contributed by atoms with Gasteiger partial charge in [0.1, 0.15) is 11.6 Å². The number of aliphatic hydroxyl groups excluding tert-OH is 1. The van der Waals surface area contributed by atoms with E-state index in [0.29, 0.717) is 5.56 Å². The van der Waals surface area contributed by atoms with Crippen LogP contribution in [0.5, 0.6) is 0 Å². The van der Waals surface area contributed by atoms with E-state index in [0.717, 1.165) is 32.0 Å². The Balaban J connectivity index is 2.17. The lowest BCUT2D eigenvalue weighted by Gasteiger charge is -2.33. The third-order valence-corrected chi connectivity index (χ3v) is 3.89. The lowest BCUT2D eigenvalue weighted by molar-refractivity contribution is 0.154. The van der Waals surface area contributed by atoms with Gasteiger partial charge in [0.2, 0.25) is 0 Å². The highest BCUT2D eigenvalue weighted by Gasteiger charge is 2.28. The standard InChI is InChI=1S/C14H19F2NO/c1-17-6-4-10(5-7-17)13(9-18)12-3-2-11(15)8-14(12)16/h2-3,8,10,13,18H,4-7,9H2,1H3. The summed E-state index contributed by atoms with van der Waals surface area (Å²) in [6.45, 7) is 1.84. The van der Waals surface area contributed by atoms with Crippen molar-refractivity contribution in [2.24, 2.45) is 5.92 Å². The van der Waals surface area contributed by atoms with E-state index in [9.17, 15) is 13.9 Å². The van der Waals surface area contributed by atoms with Gasteiger partial charge in [-0.2, -0.15) is 0 Å². The summed E-state index contributed by atoms with van der Waals surface area (Å²) in [5.41, 5.74) is 0.438. The molecular weight excluding hydrogens is 236 g/mol. The Morgan fingerprint density at radius 2 is 2.00 bits per heavy atom. The van der Waals surface area contributed by atoms with Gasteiger partial charge in [0.25, 0.3) is 0 Å². The molecule has 0 aliphatic carbocycles. The molecule has 0 bridgehead atoms. The van der Waals surface area contributed by atoms with Crippen molar-refractivity contribution in [3.05, 3.63) is 35.4 Å². The van der Waals surface area contributed by atoms with Crippen molar-refractivity contribution in [1.82, 2.24) is 4.90 Å². The van der Waals surface area contributed by atoms with Crippen LogP contribution in [0.4, 0.5) is 8.78 Å². The molecule has 1 aliphatic rings. The highest BCUT2D eigenvalue weighted by atomic mass is 19.1. The summed E-state index contributed by atoms with van der Waals surface area (Å²) in [6, 6.07) is 3.62. The van der Waals surface area contributed by atoms with Crippen molar-refractivity contribution in [2.75, 3.05) is 26.7 Å². The van der Waals surface area contributed by atoms with E-state index in [1.54, 1.807) is 0 Å². The van der Waals surface area contributed by atoms with Crippen LogP contribution >= 0.6 is 0 Å². The summed E-state index contributed by atoms with van der Waals surface area (Å²) in [4.78, 5) is 2.23. The molecule has 0 aromatic heterocycles. The molecule has 1 unspecified atom stereocenters. The van der Waals surface area contributed by atoms with Crippen LogP contribution in [0.1, 0.15) is 24.3 Å². The molecule has 100 valence electrons. The summed E-state index contributed by atoms with van der Waals surface area (Å²) in [5, 5.41) is 9.52. The van der Waals surface area contributed by atoms with E-state index >= 15 is 0 Å². The molecule has 4 heteroatoms. The fourth-order valence-corrected chi connectivity index (χ4v) is 2.73. The van der Waals surface area contributed by atoms with Crippen molar-refractivity contribution >= 4 is 0 Å². The summed E-state index contributed by atoms with van der Waals surface area (Å²) < 4.78 is 26.7. The molecule has 1 aromatic rings. The predicted octanol–water partition coefficient (Wildman–Crippen LogP) is 2.38.